The molecule has 0 amide bonds. The number of ether oxygens (including phenoxy) is 2. The summed E-state index contributed by atoms with van der Waals surface area (Å²) < 4.78 is 81.4. The van der Waals surface area contributed by atoms with Gasteiger partial charge in [-0.1, -0.05) is 12.2 Å². The molecule has 3 saturated heterocycles. The first-order valence-electron chi connectivity index (χ1n) is 14.5. The highest BCUT2D eigenvalue weighted by atomic mass is 32.5. The second kappa shape index (κ2) is 12.3. The van der Waals surface area contributed by atoms with E-state index in [1.165, 1.54) is 34.4 Å². The van der Waals surface area contributed by atoms with E-state index in [2.05, 4.69) is 40.5 Å². The van der Waals surface area contributed by atoms with Crippen LogP contribution in [0.5, 0.6) is 0 Å². The first-order valence-corrected chi connectivity index (χ1v) is 18.6. The molecule has 10 atom stereocenters. The number of aromatic nitrogens is 8. The second-order valence-electron chi connectivity index (χ2n) is 11.0. The van der Waals surface area contributed by atoms with Gasteiger partial charge in [-0.15, -0.1) is 0 Å². The molecular formula is C24H26F2N10O9P2S. The summed E-state index contributed by atoms with van der Waals surface area (Å²) in [6.07, 6.45) is -4.66. The van der Waals surface area contributed by atoms with E-state index in [0.29, 0.717) is 30.2 Å². The number of nitrogens with one attached hydrogen (secondary N) is 2. The predicted octanol–water partition coefficient (Wildman–Crippen LogP) is 1.67. The number of nitrogens with zero attached hydrogens (tertiary/aromatic N) is 8. The molecule has 48 heavy (non-hydrogen) atoms. The van der Waals surface area contributed by atoms with Gasteiger partial charge >= 0.3 is 14.5 Å². The van der Waals surface area contributed by atoms with E-state index in [9.17, 15) is 14.4 Å². The van der Waals surface area contributed by atoms with Crippen molar-refractivity contribution in [3.63, 3.8) is 0 Å². The Kier molecular flexibility index (Phi) is 8.24. The van der Waals surface area contributed by atoms with Gasteiger partial charge in [0.1, 0.15) is 37.1 Å². The minimum Gasteiger partial charge on any atom is -0.365 e. The lowest BCUT2D eigenvalue weighted by molar-refractivity contribution is -0.0623. The van der Waals surface area contributed by atoms with Gasteiger partial charge in [-0.25, -0.2) is 43.2 Å². The summed E-state index contributed by atoms with van der Waals surface area (Å²) in [5.74, 6) is 0.703. The zero-order valence-electron chi connectivity index (χ0n) is 24.3. The molecule has 4 N–H and O–H groups in total. The number of hydrogen-bond acceptors (Lipinski definition) is 16. The van der Waals surface area contributed by atoms with Gasteiger partial charge in [0.15, 0.2) is 58.8 Å². The Balaban J connectivity index is 1.21. The van der Waals surface area contributed by atoms with Crippen LogP contribution >= 0.6 is 14.5 Å². The number of phosphoric ester groups is 1. The van der Waals surface area contributed by atoms with Gasteiger partial charge in [0, 0.05) is 13.1 Å². The highest BCUT2D eigenvalue weighted by molar-refractivity contribution is 8.07. The quantitative estimate of drug-likeness (QED) is 0.149. The fourth-order valence-electron chi connectivity index (χ4n) is 5.87. The van der Waals surface area contributed by atoms with Gasteiger partial charge < -0.3 is 34.4 Å². The number of imidazole rings is 2. The molecule has 4 aromatic heterocycles. The van der Waals surface area contributed by atoms with E-state index in [0.717, 1.165) is 0 Å². The van der Waals surface area contributed by atoms with E-state index in [-0.39, 0.29) is 16.8 Å². The topological polar surface area (TPSA) is 224 Å². The maximum Gasteiger partial charge on any atom is 0.472 e. The minimum atomic E-state index is -5.07. The van der Waals surface area contributed by atoms with Crippen LogP contribution in [0.3, 0.4) is 0 Å². The zero-order chi connectivity index (χ0) is 33.2. The van der Waals surface area contributed by atoms with Crippen molar-refractivity contribution in [2.75, 3.05) is 36.9 Å². The van der Waals surface area contributed by atoms with Crippen LogP contribution in [0, 0.1) is 0 Å². The third-order valence-corrected chi connectivity index (χ3v) is 10.6. The molecule has 9 rings (SSSR count). The van der Waals surface area contributed by atoms with Gasteiger partial charge in [0.2, 0.25) is 0 Å². The maximum atomic E-state index is 16.2. The fourth-order valence-corrected chi connectivity index (χ4v) is 8.27. The Morgan fingerprint density at radius 3 is 1.81 bits per heavy atom. The van der Waals surface area contributed by atoms with Gasteiger partial charge in [-0.2, -0.15) is 0 Å². The molecule has 19 nitrogen and oxygen atoms in total. The lowest BCUT2D eigenvalue weighted by Gasteiger charge is -2.28. The number of halogens is 2. The van der Waals surface area contributed by atoms with Crippen molar-refractivity contribution in [2.24, 2.45) is 0 Å². The molecule has 3 fully saturated rings. The van der Waals surface area contributed by atoms with Crippen LogP contribution in [-0.4, -0.2) is 112 Å². The lowest BCUT2D eigenvalue weighted by Crippen LogP contribution is -2.37. The average Bonchev–Trinajstić information content (AvgIpc) is 3.81. The number of anilines is 2. The van der Waals surface area contributed by atoms with Crippen LogP contribution in [0.4, 0.5) is 20.4 Å². The number of alkyl halides is 2. The Morgan fingerprint density at radius 2 is 1.27 bits per heavy atom. The number of hydrogen-bond donors (Lipinski definition) is 4. The molecular weight excluding hydrogens is 704 g/mol. The van der Waals surface area contributed by atoms with Crippen LogP contribution in [0.1, 0.15) is 12.5 Å². The Bertz CT molecular complexity index is 1850. The summed E-state index contributed by atoms with van der Waals surface area (Å²) >= 11 is 5.19. The lowest BCUT2D eigenvalue weighted by atomic mass is 10.1. The van der Waals surface area contributed by atoms with Crippen molar-refractivity contribution in [2.45, 2.75) is 49.2 Å². The van der Waals surface area contributed by atoms with Crippen LogP contribution in [0.25, 0.3) is 22.3 Å². The van der Waals surface area contributed by atoms with Crippen molar-refractivity contribution in [3.05, 3.63) is 37.5 Å². The highest BCUT2D eigenvalue weighted by Crippen LogP contribution is 2.54. The van der Waals surface area contributed by atoms with Crippen LogP contribution in [0.2, 0.25) is 0 Å². The van der Waals surface area contributed by atoms with Crippen LogP contribution < -0.4 is 10.6 Å². The fraction of sp³-hybridized carbons (Fsp3) is 0.500. The third-order valence-electron chi connectivity index (χ3n) is 8.05. The van der Waals surface area contributed by atoms with Crippen molar-refractivity contribution in [1.82, 2.24) is 39.0 Å². The molecule has 24 heteroatoms. The van der Waals surface area contributed by atoms with Crippen LogP contribution in [0.15, 0.2) is 37.5 Å². The zero-order valence-corrected chi connectivity index (χ0v) is 26.9. The standard InChI is InChI=1S/C24H26F2N10O9P2S/c25-13-17-12-6-41-47(39,48)45-18-11(5-40-46(37,38)44-17)42-24(14(18)26)36-10-34-16-20(30-8-32-22(16)36)28-4-2-1-3-27-19-15-21(31-7-29-19)35(9-33-15)23(13)43-12/h1-2,7-14,17-18,23-24H,3-6H2,(H,37,38)(H,39,48)(H,27,29,31)(H,28,30,32)/b2-1+/t11?,12-,13-,14-,17-,18-,23?,24-,47+/m1/s1. The van der Waals surface area contributed by atoms with E-state index >= 15 is 8.78 Å². The van der Waals surface area contributed by atoms with Gasteiger partial charge in [-0.3, -0.25) is 22.7 Å². The van der Waals surface area contributed by atoms with Crippen LogP contribution in [-0.2, 0) is 43.9 Å². The van der Waals surface area contributed by atoms with Gasteiger partial charge in [0.25, 0.3) is 0 Å². The molecule has 14 bridgehead atoms. The van der Waals surface area contributed by atoms with Crippen molar-refractivity contribution < 1.29 is 50.7 Å². The van der Waals surface area contributed by atoms with Gasteiger partial charge in [0.05, 0.1) is 25.9 Å². The molecule has 256 valence electrons. The van der Waals surface area contributed by atoms with E-state index in [1.54, 1.807) is 0 Å². The maximum absolute atomic E-state index is 16.2. The first kappa shape index (κ1) is 32.1. The Morgan fingerprint density at radius 1 is 0.771 bits per heavy atom. The molecule has 0 aliphatic carbocycles. The molecule has 4 aromatic rings. The Hall–Kier alpha value is -3.14. The number of phosphoric acid groups is 1. The molecule has 0 aromatic carbocycles. The molecule has 0 radical (unpaired) electrons. The van der Waals surface area contributed by atoms with E-state index in [4.69, 9.17) is 39.4 Å². The van der Waals surface area contributed by atoms with Crippen molar-refractivity contribution >= 4 is 60.3 Å². The van der Waals surface area contributed by atoms with Crippen molar-refractivity contribution in [3.8, 4) is 0 Å². The monoisotopic (exact) mass is 730 g/mol. The minimum absolute atomic E-state index is 0.179. The molecule has 3 unspecified atom stereocenters. The molecule has 0 spiro atoms. The van der Waals surface area contributed by atoms with E-state index in [1.807, 2.05) is 12.2 Å². The predicted molar refractivity (Wildman–Crippen MR) is 162 cm³/mol. The van der Waals surface area contributed by atoms with Gasteiger partial charge in [-0.05, 0) is 11.8 Å². The van der Waals surface area contributed by atoms with Crippen molar-refractivity contribution in [1.29, 1.82) is 0 Å². The second-order valence-corrected chi connectivity index (χ2v) is 15.2. The SMILES string of the molecule is O=P1(O)OCC2O[C@@H]3[C@H](F)[C@@H]2O[P@@](O)(=S)OC[C@H]2OC([C@H](F)[C@@H]2O1)n1cnc2c(ncnc21)NC/C=C/CNc1ncnc2c1ncn23. The normalized spacial score (nSPS) is 38.0. The summed E-state index contributed by atoms with van der Waals surface area (Å²) in [5.41, 5.74) is 0.955. The summed E-state index contributed by atoms with van der Waals surface area (Å²) in [5, 5.41) is 6.25. The smallest absolute Gasteiger partial charge is 0.365 e. The summed E-state index contributed by atoms with van der Waals surface area (Å²) in [7, 11) is -5.07. The largest absolute Gasteiger partial charge is 0.472 e. The number of fused-ring (bicyclic) bond motifs is 10. The summed E-state index contributed by atoms with van der Waals surface area (Å²) in [6.45, 7) is -5.09. The highest BCUT2D eigenvalue weighted by Gasteiger charge is 2.54. The average molecular weight is 731 g/mol. The first-order chi connectivity index (χ1) is 23.1. The van der Waals surface area contributed by atoms with E-state index < -0.39 is 77.0 Å². The summed E-state index contributed by atoms with van der Waals surface area (Å²) in [6, 6.07) is 0. The Labute approximate surface area is 273 Å². The summed E-state index contributed by atoms with van der Waals surface area (Å²) in [4.78, 5) is 47.3. The number of rotatable bonds is 0. The molecule has 5 aliphatic rings. The molecule has 0 saturated carbocycles. The molecule has 5 aliphatic heterocycles. The third kappa shape index (κ3) is 5.79. The molecule has 9 heterocycles.